The third kappa shape index (κ3) is 1.61. The quantitative estimate of drug-likeness (QED) is 0.575. The topological polar surface area (TPSA) is 8.81 Å². The number of hydrogen-bond donors (Lipinski definition) is 0. The maximum atomic E-state index is 2.23. The van der Waals surface area contributed by atoms with E-state index in [-0.39, 0.29) is 0 Å². The van der Waals surface area contributed by atoms with Crippen molar-refractivity contribution in [1.82, 2.24) is 4.68 Å². The Kier molecular flexibility index (Phi) is 2.44. The number of benzene rings is 2. The summed E-state index contributed by atoms with van der Waals surface area (Å²) in [4.78, 5) is 0. The van der Waals surface area contributed by atoms with E-state index < -0.39 is 0 Å². The van der Waals surface area contributed by atoms with Gasteiger partial charge in [-0.2, -0.15) is 0 Å². The molecule has 0 radical (unpaired) electrons. The van der Waals surface area contributed by atoms with Gasteiger partial charge < -0.3 is 0 Å². The van der Waals surface area contributed by atoms with Crippen molar-refractivity contribution in [2.45, 2.75) is 13.8 Å². The van der Waals surface area contributed by atoms with Gasteiger partial charge in [0.1, 0.15) is 5.69 Å². The normalized spacial score (nSPS) is 11.1. The zero-order valence-corrected chi connectivity index (χ0v) is 11.0. The first-order valence-corrected chi connectivity index (χ1v) is 6.21. The second-order valence-corrected chi connectivity index (χ2v) is 4.85. The SMILES string of the molecule is Cc1ccc(C)c(-n2cc3ccccc3[n+]2C)c1. The van der Waals surface area contributed by atoms with Crippen LogP contribution >= 0.6 is 0 Å². The molecule has 2 aromatic carbocycles. The highest BCUT2D eigenvalue weighted by Crippen LogP contribution is 2.17. The van der Waals surface area contributed by atoms with Gasteiger partial charge in [-0.05, 0) is 37.1 Å². The molecule has 0 amide bonds. The van der Waals surface area contributed by atoms with Crippen LogP contribution in [0.15, 0.2) is 48.7 Å². The van der Waals surface area contributed by atoms with E-state index in [0.717, 1.165) is 0 Å². The minimum absolute atomic E-state index is 1.24. The number of para-hydroxylation sites is 1. The molecule has 2 nitrogen and oxygen atoms in total. The van der Waals surface area contributed by atoms with Crippen molar-refractivity contribution in [3.8, 4) is 5.69 Å². The molecule has 0 saturated carbocycles. The predicted octanol–water partition coefficient (Wildman–Crippen LogP) is 3.07. The summed E-state index contributed by atoms with van der Waals surface area (Å²) in [5, 5.41) is 1.26. The summed E-state index contributed by atoms with van der Waals surface area (Å²) < 4.78 is 4.41. The smallest absolute Gasteiger partial charge is 0.127 e. The summed E-state index contributed by atoms with van der Waals surface area (Å²) in [6.45, 7) is 4.28. The Morgan fingerprint density at radius 1 is 1.00 bits per heavy atom. The first-order chi connectivity index (χ1) is 8.66. The Hall–Kier alpha value is -2.09. The summed E-state index contributed by atoms with van der Waals surface area (Å²) in [7, 11) is 2.10. The van der Waals surface area contributed by atoms with Crippen molar-refractivity contribution < 1.29 is 4.68 Å². The molecule has 0 fully saturated rings. The number of hydrogen-bond acceptors (Lipinski definition) is 0. The second-order valence-electron chi connectivity index (χ2n) is 4.85. The molecule has 0 aliphatic heterocycles. The molecule has 3 aromatic rings. The summed E-state index contributed by atoms with van der Waals surface area (Å²) in [6, 6.07) is 15.0. The van der Waals surface area contributed by atoms with Gasteiger partial charge in [-0.25, -0.2) is 0 Å². The van der Waals surface area contributed by atoms with E-state index in [1.54, 1.807) is 0 Å². The van der Waals surface area contributed by atoms with E-state index in [4.69, 9.17) is 0 Å². The van der Waals surface area contributed by atoms with Crippen LogP contribution in [-0.2, 0) is 7.05 Å². The summed E-state index contributed by atoms with van der Waals surface area (Å²) in [6.07, 6.45) is 2.19. The van der Waals surface area contributed by atoms with Gasteiger partial charge >= 0.3 is 0 Å². The molecule has 0 atom stereocenters. The van der Waals surface area contributed by atoms with E-state index in [1.165, 1.54) is 27.7 Å². The molecule has 0 unspecified atom stereocenters. The van der Waals surface area contributed by atoms with Crippen LogP contribution < -0.4 is 4.68 Å². The van der Waals surface area contributed by atoms with Crippen LogP contribution in [0, 0.1) is 13.8 Å². The van der Waals surface area contributed by atoms with Gasteiger partial charge in [-0.3, -0.25) is 0 Å². The standard InChI is InChI=1S/C16H17N2/c1-12-8-9-13(2)16(10-12)18-11-14-6-4-5-7-15(14)17(18)3/h4-11H,1-3H3/q+1. The van der Waals surface area contributed by atoms with E-state index >= 15 is 0 Å². The van der Waals surface area contributed by atoms with Crippen LogP contribution in [0.5, 0.6) is 0 Å². The molecule has 0 bridgehead atoms. The lowest BCUT2D eigenvalue weighted by Crippen LogP contribution is -2.38. The Morgan fingerprint density at radius 3 is 2.56 bits per heavy atom. The zero-order chi connectivity index (χ0) is 12.7. The molecule has 1 heterocycles. The predicted molar refractivity (Wildman–Crippen MR) is 73.9 cm³/mol. The second kappa shape index (κ2) is 3.98. The third-order valence-corrected chi connectivity index (χ3v) is 3.48. The van der Waals surface area contributed by atoms with Crippen LogP contribution in [0.2, 0.25) is 0 Å². The fraction of sp³-hybridized carbons (Fsp3) is 0.188. The number of aryl methyl sites for hydroxylation is 3. The highest BCUT2D eigenvalue weighted by atomic mass is 15.4. The van der Waals surface area contributed by atoms with Gasteiger partial charge in [-0.1, -0.05) is 24.3 Å². The highest BCUT2D eigenvalue weighted by Gasteiger charge is 2.15. The van der Waals surface area contributed by atoms with Gasteiger partial charge in [0.25, 0.3) is 0 Å². The lowest BCUT2D eigenvalue weighted by atomic mass is 10.1. The highest BCUT2D eigenvalue weighted by molar-refractivity contribution is 5.75. The van der Waals surface area contributed by atoms with Crippen molar-refractivity contribution in [3.05, 3.63) is 59.8 Å². The fourth-order valence-corrected chi connectivity index (χ4v) is 2.42. The van der Waals surface area contributed by atoms with E-state index in [1.807, 2.05) is 0 Å². The number of rotatable bonds is 1. The van der Waals surface area contributed by atoms with Crippen LogP contribution in [0.3, 0.4) is 0 Å². The molecular formula is C16H17N2+. The Labute approximate surface area is 107 Å². The minimum Gasteiger partial charge on any atom is -0.127 e. The number of fused-ring (bicyclic) bond motifs is 1. The van der Waals surface area contributed by atoms with E-state index in [9.17, 15) is 0 Å². The molecule has 90 valence electrons. The largest absolute Gasteiger partial charge is 0.238 e. The summed E-state index contributed by atoms with van der Waals surface area (Å²) in [5.74, 6) is 0. The molecule has 1 aromatic heterocycles. The van der Waals surface area contributed by atoms with Gasteiger partial charge in [0, 0.05) is 6.07 Å². The monoisotopic (exact) mass is 237 g/mol. The molecular weight excluding hydrogens is 220 g/mol. The van der Waals surface area contributed by atoms with Crippen LogP contribution in [0.1, 0.15) is 11.1 Å². The summed E-state index contributed by atoms with van der Waals surface area (Å²) in [5.41, 5.74) is 5.07. The van der Waals surface area contributed by atoms with Crippen molar-refractivity contribution in [3.63, 3.8) is 0 Å². The zero-order valence-electron chi connectivity index (χ0n) is 11.0. The average molecular weight is 237 g/mol. The first-order valence-electron chi connectivity index (χ1n) is 6.21. The maximum absolute atomic E-state index is 2.23. The molecule has 0 saturated heterocycles. The molecule has 18 heavy (non-hydrogen) atoms. The van der Waals surface area contributed by atoms with Gasteiger partial charge in [-0.15, -0.1) is 9.36 Å². The summed E-state index contributed by atoms with van der Waals surface area (Å²) >= 11 is 0. The van der Waals surface area contributed by atoms with Gasteiger partial charge in [0.05, 0.1) is 11.6 Å². The molecule has 0 spiro atoms. The molecule has 0 aliphatic carbocycles. The fourth-order valence-electron chi connectivity index (χ4n) is 2.42. The van der Waals surface area contributed by atoms with E-state index in [0.29, 0.717) is 0 Å². The van der Waals surface area contributed by atoms with Crippen molar-refractivity contribution in [2.75, 3.05) is 0 Å². The average Bonchev–Trinajstić information content (AvgIpc) is 2.71. The Balaban J connectivity index is 2.31. The molecule has 0 aliphatic rings. The van der Waals surface area contributed by atoms with Crippen LogP contribution in [-0.4, -0.2) is 4.68 Å². The Bertz CT molecular complexity index is 723. The minimum atomic E-state index is 1.24. The maximum Gasteiger partial charge on any atom is 0.238 e. The van der Waals surface area contributed by atoms with Gasteiger partial charge in [0.2, 0.25) is 5.52 Å². The van der Waals surface area contributed by atoms with Crippen LogP contribution in [0.25, 0.3) is 16.6 Å². The van der Waals surface area contributed by atoms with E-state index in [2.05, 4.69) is 78.9 Å². The van der Waals surface area contributed by atoms with Gasteiger partial charge in [0.15, 0.2) is 7.05 Å². The van der Waals surface area contributed by atoms with Crippen molar-refractivity contribution >= 4 is 10.9 Å². The molecule has 0 N–H and O–H groups in total. The number of nitrogens with zero attached hydrogens (tertiary/aromatic N) is 2. The third-order valence-electron chi connectivity index (χ3n) is 3.48. The van der Waals surface area contributed by atoms with Crippen LogP contribution in [0.4, 0.5) is 0 Å². The lowest BCUT2D eigenvalue weighted by molar-refractivity contribution is -0.720. The lowest BCUT2D eigenvalue weighted by Gasteiger charge is -2.05. The Morgan fingerprint density at radius 2 is 1.78 bits per heavy atom. The van der Waals surface area contributed by atoms with Crippen molar-refractivity contribution in [2.24, 2.45) is 7.05 Å². The first kappa shape index (κ1) is 11.0. The van der Waals surface area contributed by atoms with Crippen molar-refractivity contribution in [1.29, 1.82) is 0 Å². The molecule has 3 rings (SSSR count). The molecule has 2 heteroatoms. The number of aromatic nitrogens is 2.